The van der Waals surface area contributed by atoms with Gasteiger partial charge in [-0.25, -0.2) is 4.98 Å². The van der Waals surface area contributed by atoms with Gasteiger partial charge in [-0.3, -0.25) is 0 Å². The summed E-state index contributed by atoms with van der Waals surface area (Å²) < 4.78 is 10.2. The van der Waals surface area contributed by atoms with E-state index in [1.807, 2.05) is 4.90 Å². The Morgan fingerprint density at radius 1 is 1.71 bits per heavy atom. The van der Waals surface area contributed by atoms with Gasteiger partial charge in [0.05, 0.1) is 32.5 Å². The van der Waals surface area contributed by atoms with Gasteiger partial charge in [-0.05, 0) is 0 Å². The number of ether oxygens (including phenoxy) is 2. The van der Waals surface area contributed by atoms with Crippen LogP contribution in [0.15, 0.2) is 6.20 Å². The number of hydrogen-bond donors (Lipinski definition) is 0. The van der Waals surface area contributed by atoms with Gasteiger partial charge in [0.2, 0.25) is 0 Å². The molecule has 6 nitrogen and oxygen atoms in total. The molecule has 1 aromatic rings. The van der Waals surface area contributed by atoms with Crippen molar-refractivity contribution in [2.75, 3.05) is 31.7 Å². The predicted molar refractivity (Wildman–Crippen MR) is 61.2 cm³/mol. The Kier molecular flexibility index (Phi) is 3.61. The molecule has 90 valence electrons. The Labute approximate surface area is 104 Å². The summed E-state index contributed by atoms with van der Waals surface area (Å²) >= 11 is 6.03. The van der Waals surface area contributed by atoms with E-state index in [1.54, 1.807) is 0 Å². The minimum absolute atomic E-state index is 0.254. The SMILES string of the molecule is COc1ncc(Cl)c(N2CCOC(C#N)C2)n1. The number of halogens is 1. The number of nitrogens with zero attached hydrogens (tertiary/aromatic N) is 4. The van der Waals surface area contributed by atoms with Crippen molar-refractivity contribution < 1.29 is 9.47 Å². The first kappa shape index (κ1) is 11.9. The molecule has 0 spiro atoms. The number of anilines is 1. The van der Waals surface area contributed by atoms with E-state index in [0.29, 0.717) is 30.5 Å². The molecule has 1 atom stereocenters. The third-order valence-corrected chi connectivity index (χ3v) is 2.66. The Bertz CT molecular complexity index is 448. The molecule has 1 aromatic heterocycles. The van der Waals surface area contributed by atoms with Crippen LogP contribution in [0.2, 0.25) is 5.02 Å². The van der Waals surface area contributed by atoms with Crippen molar-refractivity contribution in [3.05, 3.63) is 11.2 Å². The highest BCUT2D eigenvalue weighted by atomic mass is 35.5. The van der Waals surface area contributed by atoms with E-state index in [0.717, 1.165) is 0 Å². The molecular weight excluding hydrogens is 244 g/mol. The molecule has 1 aliphatic rings. The molecular formula is C10H11ClN4O2. The van der Waals surface area contributed by atoms with Gasteiger partial charge in [0, 0.05) is 6.54 Å². The van der Waals surface area contributed by atoms with E-state index in [2.05, 4.69) is 16.0 Å². The van der Waals surface area contributed by atoms with Gasteiger partial charge in [0.15, 0.2) is 11.9 Å². The molecule has 1 saturated heterocycles. The van der Waals surface area contributed by atoms with Crippen molar-refractivity contribution in [3.8, 4) is 12.1 Å². The fraction of sp³-hybridized carbons (Fsp3) is 0.500. The van der Waals surface area contributed by atoms with E-state index in [9.17, 15) is 0 Å². The van der Waals surface area contributed by atoms with Gasteiger partial charge in [0.25, 0.3) is 0 Å². The Balaban J connectivity index is 2.24. The van der Waals surface area contributed by atoms with Crippen molar-refractivity contribution >= 4 is 17.4 Å². The second-order valence-electron chi connectivity index (χ2n) is 3.46. The Morgan fingerprint density at radius 3 is 3.24 bits per heavy atom. The van der Waals surface area contributed by atoms with Gasteiger partial charge in [-0.15, -0.1) is 0 Å². The van der Waals surface area contributed by atoms with Crippen LogP contribution in [0.3, 0.4) is 0 Å². The van der Waals surface area contributed by atoms with Crippen LogP contribution in [0.4, 0.5) is 5.82 Å². The summed E-state index contributed by atoms with van der Waals surface area (Å²) in [6.07, 6.45) is 1.03. The van der Waals surface area contributed by atoms with E-state index in [1.165, 1.54) is 13.3 Å². The number of nitriles is 1. The highest BCUT2D eigenvalue weighted by molar-refractivity contribution is 6.32. The number of methoxy groups -OCH3 is 1. The highest BCUT2D eigenvalue weighted by Gasteiger charge is 2.23. The van der Waals surface area contributed by atoms with Crippen LogP contribution in [0.1, 0.15) is 0 Å². The maximum atomic E-state index is 8.83. The number of hydrogen-bond acceptors (Lipinski definition) is 6. The molecule has 17 heavy (non-hydrogen) atoms. The monoisotopic (exact) mass is 254 g/mol. The van der Waals surface area contributed by atoms with Crippen molar-refractivity contribution in [2.45, 2.75) is 6.10 Å². The molecule has 0 N–H and O–H groups in total. The second-order valence-corrected chi connectivity index (χ2v) is 3.87. The zero-order valence-corrected chi connectivity index (χ0v) is 10.0. The number of morpholine rings is 1. The summed E-state index contributed by atoms with van der Waals surface area (Å²) in [4.78, 5) is 9.97. The first-order chi connectivity index (χ1) is 8.24. The van der Waals surface area contributed by atoms with Crippen LogP contribution in [0, 0.1) is 11.3 Å². The maximum Gasteiger partial charge on any atom is 0.318 e. The lowest BCUT2D eigenvalue weighted by Gasteiger charge is -2.31. The zero-order valence-electron chi connectivity index (χ0n) is 9.26. The van der Waals surface area contributed by atoms with Crippen molar-refractivity contribution in [3.63, 3.8) is 0 Å². The summed E-state index contributed by atoms with van der Waals surface area (Å²) in [5.41, 5.74) is 0. The lowest BCUT2D eigenvalue weighted by Crippen LogP contribution is -2.42. The maximum absolute atomic E-state index is 8.83. The molecule has 0 bridgehead atoms. The zero-order chi connectivity index (χ0) is 12.3. The van der Waals surface area contributed by atoms with Crippen LogP contribution < -0.4 is 9.64 Å². The third-order valence-electron chi connectivity index (χ3n) is 2.40. The average molecular weight is 255 g/mol. The molecule has 0 radical (unpaired) electrons. The lowest BCUT2D eigenvalue weighted by atomic mass is 10.3. The summed E-state index contributed by atoms with van der Waals surface area (Å²) in [6, 6.07) is 2.32. The fourth-order valence-electron chi connectivity index (χ4n) is 1.58. The quantitative estimate of drug-likeness (QED) is 0.780. The molecule has 1 unspecified atom stereocenters. The largest absolute Gasteiger partial charge is 0.467 e. The van der Waals surface area contributed by atoms with Crippen LogP contribution in [-0.2, 0) is 4.74 Å². The topological polar surface area (TPSA) is 71.3 Å². The highest BCUT2D eigenvalue weighted by Crippen LogP contribution is 2.25. The minimum Gasteiger partial charge on any atom is -0.467 e. The molecule has 0 amide bonds. The molecule has 0 aliphatic carbocycles. The van der Waals surface area contributed by atoms with Gasteiger partial charge >= 0.3 is 6.01 Å². The predicted octanol–water partition coefficient (Wildman–Crippen LogP) is 0.867. The molecule has 0 aromatic carbocycles. The summed E-state index contributed by atoms with van der Waals surface area (Å²) in [5, 5.41) is 9.27. The van der Waals surface area contributed by atoms with Crippen molar-refractivity contribution in [1.82, 2.24) is 9.97 Å². The standard InChI is InChI=1S/C10H11ClN4O2/c1-16-10-13-5-8(11)9(14-10)15-2-3-17-7(4-12)6-15/h5,7H,2-3,6H2,1H3. The normalized spacial score (nSPS) is 19.8. The fourth-order valence-corrected chi connectivity index (χ4v) is 1.79. The van der Waals surface area contributed by atoms with Crippen LogP contribution in [0.25, 0.3) is 0 Å². The summed E-state index contributed by atoms with van der Waals surface area (Å²) in [7, 11) is 1.49. The van der Waals surface area contributed by atoms with Crippen LogP contribution in [-0.4, -0.2) is 42.9 Å². The number of rotatable bonds is 2. The Morgan fingerprint density at radius 2 is 2.53 bits per heavy atom. The van der Waals surface area contributed by atoms with Gasteiger partial charge < -0.3 is 14.4 Å². The molecule has 1 aliphatic heterocycles. The first-order valence-electron chi connectivity index (χ1n) is 5.07. The van der Waals surface area contributed by atoms with E-state index in [4.69, 9.17) is 26.3 Å². The molecule has 7 heteroatoms. The molecule has 1 fully saturated rings. The minimum atomic E-state index is -0.458. The van der Waals surface area contributed by atoms with Crippen LogP contribution in [0.5, 0.6) is 6.01 Å². The lowest BCUT2D eigenvalue weighted by molar-refractivity contribution is 0.0761. The third kappa shape index (κ3) is 2.57. The van der Waals surface area contributed by atoms with Gasteiger partial charge in [-0.2, -0.15) is 10.2 Å². The first-order valence-corrected chi connectivity index (χ1v) is 5.45. The molecule has 0 saturated carbocycles. The summed E-state index contributed by atoms with van der Waals surface area (Å²) in [6.45, 7) is 1.55. The number of aromatic nitrogens is 2. The van der Waals surface area contributed by atoms with Gasteiger partial charge in [0.1, 0.15) is 5.02 Å². The van der Waals surface area contributed by atoms with Gasteiger partial charge in [-0.1, -0.05) is 11.6 Å². The second kappa shape index (κ2) is 5.17. The van der Waals surface area contributed by atoms with E-state index >= 15 is 0 Å². The average Bonchev–Trinajstić information content (AvgIpc) is 2.39. The van der Waals surface area contributed by atoms with Crippen molar-refractivity contribution in [2.24, 2.45) is 0 Å². The summed E-state index contributed by atoms with van der Waals surface area (Å²) in [5.74, 6) is 0.571. The Hall–Kier alpha value is -1.58. The van der Waals surface area contributed by atoms with Crippen molar-refractivity contribution in [1.29, 1.82) is 5.26 Å². The molecule has 2 rings (SSSR count). The van der Waals surface area contributed by atoms with E-state index < -0.39 is 6.10 Å². The smallest absolute Gasteiger partial charge is 0.318 e. The molecule has 2 heterocycles. The van der Waals surface area contributed by atoms with E-state index in [-0.39, 0.29) is 6.01 Å². The van der Waals surface area contributed by atoms with Crippen LogP contribution >= 0.6 is 11.6 Å².